The van der Waals surface area contributed by atoms with Gasteiger partial charge in [-0.2, -0.15) is 0 Å². The fourth-order valence-corrected chi connectivity index (χ4v) is 1.78. The largest absolute Gasteiger partial charge is 0.490 e. The van der Waals surface area contributed by atoms with Gasteiger partial charge in [-0.05, 0) is 30.5 Å². The van der Waals surface area contributed by atoms with Gasteiger partial charge in [0.05, 0.1) is 6.61 Å². The number of nitrogens with two attached hydrogens (primary N) is 1. The van der Waals surface area contributed by atoms with Gasteiger partial charge in [0.15, 0.2) is 0 Å². The van der Waals surface area contributed by atoms with Crippen molar-refractivity contribution >= 4 is 0 Å². The molecule has 0 aromatic heterocycles. The summed E-state index contributed by atoms with van der Waals surface area (Å²) in [5.74, 6) is 6.00. The first kappa shape index (κ1) is 9.49. The summed E-state index contributed by atoms with van der Waals surface area (Å²) < 4.78 is 5.66. The topological polar surface area (TPSA) is 44.5 Å². The van der Waals surface area contributed by atoms with Gasteiger partial charge in [-0.1, -0.05) is 12.1 Å². The van der Waals surface area contributed by atoms with Crippen LogP contribution in [0.1, 0.15) is 18.1 Å². The van der Waals surface area contributed by atoms with Crippen LogP contribution in [0.3, 0.4) is 0 Å². The number of fused-ring (bicyclic) bond motifs is 1. The minimum absolute atomic E-state index is 0.311. The Balaban J connectivity index is 2.12. The van der Waals surface area contributed by atoms with Gasteiger partial charge in [-0.25, -0.2) is 5.90 Å². The monoisotopic (exact) mass is 193 g/mol. The van der Waals surface area contributed by atoms with Gasteiger partial charge in [-0.15, -0.1) is 0 Å². The van der Waals surface area contributed by atoms with E-state index < -0.39 is 0 Å². The fraction of sp³-hybridized carbons (Fsp3) is 0.455. The summed E-state index contributed by atoms with van der Waals surface area (Å²) in [6.07, 6.45) is 2.16. The summed E-state index contributed by atoms with van der Waals surface area (Å²) in [5, 5.41) is 0. The Labute approximate surface area is 83.8 Å². The molecule has 14 heavy (non-hydrogen) atoms. The normalized spacial score (nSPS) is 19.1. The molecular formula is C11H15NO2. The predicted molar refractivity (Wildman–Crippen MR) is 54.1 cm³/mol. The van der Waals surface area contributed by atoms with Gasteiger partial charge in [0.2, 0.25) is 0 Å². The minimum Gasteiger partial charge on any atom is -0.490 e. The summed E-state index contributed by atoms with van der Waals surface area (Å²) in [6, 6.07) is 6.32. The van der Waals surface area contributed by atoms with Crippen molar-refractivity contribution in [2.75, 3.05) is 6.61 Å². The molecule has 1 aliphatic rings. The first-order valence-electron chi connectivity index (χ1n) is 4.89. The maximum absolute atomic E-state index is 5.66. The molecule has 0 amide bonds. The van der Waals surface area contributed by atoms with Crippen molar-refractivity contribution in [2.45, 2.75) is 25.9 Å². The highest BCUT2D eigenvalue weighted by Gasteiger charge is 2.18. The second-order valence-corrected chi connectivity index (χ2v) is 3.70. The van der Waals surface area contributed by atoms with Crippen molar-refractivity contribution in [3.05, 3.63) is 29.3 Å². The van der Waals surface area contributed by atoms with Crippen molar-refractivity contribution in [1.29, 1.82) is 0 Å². The molecular weight excluding hydrogens is 178 g/mol. The first-order chi connectivity index (χ1) is 6.79. The van der Waals surface area contributed by atoms with E-state index in [2.05, 4.69) is 30.0 Å². The van der Waals surface area contributed by atoms with Crippen LogP contribution in [0.25, 0.3) is 0 Å². The van der Waals surface area contributed by atoms with Gasteiger partial charge in [-0.3, -0.25) is 0 Å². The van der Waals surface area contributed by atoms with Crippen molar-refractivity contribution < 1.29 is 9.57 Å². The van der Waals surface area contributed by atoms with Gasteiger partial charge >= 0.3 is 0 Å². The van der Waals surface area contributed by atoms with Gasteiger partial charge in [0.25, 0.3) is 0 Å². The number of ether oxygens (including phenoxy) is 1. The Bertz CT molecular complexity index is 325. The third kappa shape index (κ3) is 1.89. The number of benzene rings is 1. The summed E-state index contributed by atoms with van der Waals surface area (Å²) in [7, 11) is 0. The fourth-order valence-electron chi connectivity index (χ4n) is 1.78. The summed E-state index contributed by atoms with van der Waals surface area (Å²) in [5.41, 5.74) is 2.51. The van der Waals surface area contributed by atoms with E-state index in [1.165, 1.54) is 11.1 Å². The Morgan fingerprint density at radius 1 is 1.57 bits per heavy atom. The average molecular weight is 193 g/mol. The molecule has 1 aromatic rings. The molecule has 1 heterocycles. The molecule has 0 bridgehead atoms. The molecule has 1 aliphatic heterocycles. The van der Waals surface area contributed by atoms with Crippen LogP contribution in [0, 0.1) is 0 Å². The van der Waals surface area contributed by atoms with Crippen molar-refractivity contribution in [3.63, 3.8) is 0 Å². The lowest BCUT2D eigenvalue weighted by Crippen LogP contribution is -2.05. The van der Waals surface area contributed by atoms with Crippen LogP contribution >= 0.6 is 0 Å². The zero-order chi connectivity index (χ0) is 9.97. The molecule has 3 nitrogen and oxygen atoms in total. The SMILES string of the molecule is CC1Cc2ccc(CCON)cc2O1. The predicted octanol–water partition coefficient (Wildman–Crippen LogP) is 1.44. The quantitative estimate of drug-likeness (QED) is 0.739. The molecule has 76 valence electrons. The molecule has 2 rings (SSSR count). The van der Waals surface area contributed by atoms with Gasteiger partial charge < -0.3 is 9.57 Å². The van der Waals surface area contributed by atoms with E-state index >= 15 is 0 Å². The standard InChI is InChI=1S/C11H15NO2/c1-8-6-10-3-2-9(4-5-13-12)7-11(10)14-8/h2-3,7-8H,4-6,12H2,1H3. The van der Waals surface area contributed by atoms with Crippen molar-refractivity contribution in [2.24, 2.45) is 5.90 Å². The zero-order valence-electron chi connectivity index (χ0n) is 8.32. The van der Waals surface area contributed by atoms with E-state index in [9.17, 15) is 0 Å². The van der Waals surface area contributed by atoms with Gasteiger partial charge in [0, 0.05) is 6.42 Å². The summed E-state index contributed by atoms with van der Waals surface area (Å²) in [4.78, 5) is 4.55. The smallest absolute Gasteiger partial charge is 0.123 e. The summed E-state index contributed by atoms with van der Waals surface area (Å²) in [6.45, 7) is 2.64. The molecule has 0 saturated heterocycles. The second-order valence-electron chi connectivity index (χ2n) is 3.70. The molecule has 1 unspecified atom stereocenters. The molecule has 0 spiro atoms. The van der Waals surface area contributed by atoms with E-state index in [0.717, 1.165) is 18.6 Å². The van der Waals surface area contributed by atoms with E-state index in [1.54, 1.807) is 0 Å². The lowest BCUT2D eigenvalue weighted by Gasteiger charge is -2.04. The zero-order valence-corrected chi connectivity index (χ0v) is 8.32. The highest BCUT2D eigenvalue weighted by Crippen LogP contribution is 2.29. The Kier molecular flexibility index (Phi) is 2.70. The molecule has 1 aromatic carbocycles. The third-order valence-electron chi connectivity index (χ3n) is 2.48. The van der Waals surface area contributed by atoms with Crippen LogP contribution in [-0.4, -0.2) is 12.7 Å². The average Bonchev–Trinajstić information content (AvgIpc) is 2.54. The van der Waals surface area contributed by atoms with Crippen LogP contribution in [-0.2, 0) is 17.7 Å². The Hall–Kier alpha value is -1.06. The van der Waals surface area contributed by atoms with E-state index in [0.29, 0.717) is 12.7 Å². The highest BCUT2D eigenvalue weighted by molar-refractivity contribution is 5.40. The maximum atomic E-state index is 5.66. The van der Waals surface area contributed by atoms with Crippen LogP contribution < -0.4 is 10.6 Å². The molecule has 0 radical (unpaired) electrons. The third-order valence-corrected chi connectivity index (χ3v) is 2.48. The van der Waals surface area contributed by atoms with E-state index in [-0.39, 0.29) is 0 Å². The number of rotatable bonds is 3. The molecule has 3 heteroatoms. The second kappa shape index (κ2) is 3.98. The van der Waals surface area contributed by atoms with Crippen molar-refractivity contribution in [1.82, 2.24) is 0 Å². The molecule has 0 fully saturated rings. The number of hydrogen-bond donors (Lipinski definition) is 1. The Morgan fingerprint density at radius 2 is 2.43 bits per heavy atom. The molecule has 0 saturated carbocycles. The Morgan fingerprint density at radius 3 is 3.21 bits per heavy atom. The van der Waals surface area contributed by atoms with Crippen LogP contribution in [0.15, 0.2) is 18.2 Å². The van der Waals surface area contributed by atoms with Crippen LogP contribution in [0.2, 0.25) is 0 Å². The summed E-state index contributed by atoms with van der Waals surface area (Å²) >= 11 is 0. The minimum atomic E-state index is 0.311. The lowest BCUT2D eigenvalue weighted by atomic mass is 10.1. The van der Waals surface area contributed by atoms with Crippen LogP contribution in [0.5, 0.6) is 5.75 Å². The maximum Gasteiger partial charge on any atom is 0.123 e. The van der Waals surface area contributed by atoms with Crippen LogP contribution in [0.4, 0.5) is 0 Å². The highest BCUT2D eigenvalue weighted by atomic mass is 16.6. The van der Waals surface area contributed by atoms with E-state index in [1.807, 2.05) is 0 Å². The van der Waals surface area contributed by atoms with E-state index in [4.69, 9.17) is 10.6 Å². The molecule has 1 atom stereocenters. The number of hydrogen-bond acceptors (Lipinski definition) is 3. The first-order valence-corrected chi connectivity index (χ1v) is 4.89. The lowest BCUT2D eigenvalue weighted by molar-refractivity contribution is 0.141. The molecule has 0 aliphatic carbocycles. The molecule has 2 N–H and O–H groups in total. The van der Waals surface area contributed by atoms with Gasteiger partial charge in [0.1, 0.15) is 11.9 Å². The van der Waals surface area contributed by atoms with Crippen molar-refractivity contribution in [3.8, 4) is 5.75 Å².